The van der Waals surface area contributed by atoms with Gasteiger partial charge in [0.15, 0.2) is 5.65 Å². The number of aromatic nitrogens is 3. The number of hydrogen-bond acceptors (Lipinski definition) is 3. The van der Waals surface area contributed by atoms with Gasteiger partial charge in [-0.05, 0) is 30.2 Å². The molecule has 0 spiro atoms. The van der Waals surface area contributed by atoms with E-state index in [2.05, 4.69) is 44.2 Å². The molecule has 4 heteroatoms. The molecule has 0 fully saturated rings. The number of anilines is 1. The Morgan fingerprint density at radius 2 is 1.95 bits per heavy atom. The molecule has 4 nitrogen and oxygen atoms in total. The third-order valence-corrected chi connectivity index (χ3v) is 3.73. The van der Waals surface area contributed by atoms with Crippen molar-refractivity contribution in [2.75, 3.05) is 11.9 Å². The van der Waals surface area contributed by atoms with Crippen LogP contribution in [-0.2, 0) is 6.42 Å². The van der Waals surface area contributed by atoms with Crippen LogP contribution in [0.15, 0.2) is 48.7 Å². The summed E-state index contributed by atoms with van der Waals surface area (Å²) >= 11 is 0. The number of hydrogen-bond donors (Lipinski definition) is 1. The highest BCUT2D eigenvalue weighted by atomic mass is 15.2. The fraction of sp³-hybridized carbons (Fsp3) is 0.200. The quantitative estimate of drug-likeness (QED) is 0.721. The predicted octanol–water partition coefficient (Wildman–Crippen LogP) is 2.48. The molecule has 19 heavy (non-hydrogen) atoms. The van der Waals surface area contributed by atoms with Gasteiger partial charge in [-0.15, -0.1) is 10.2 Å². The minimum absolute atomic E-state index is 0.368. The van der Waals surface area contributed by atoms with Gasteiger partial charge >= 0.3 is 0 Å². The zero-order chi connectivity index (χ0) is 12.7. The van der Waals surface area contributed by atoms with Crippen LogP contribution >= 0.6 is 0 Å². The van der Waals surface area contributed by atoms with Crippen molar-refractivity contribution in [3.8, 4) is 0 Å². The number of nitrogens with one attached hydrogen (secondary N) is 1. The van der Waals surface area contributed by atoms with Crippen LogP contribution in [0.1, 0.15) is 17.3 Å². The molecule has 3 aromatic rings. The van der Waals surface area contributed by atoms with Crippen LogP contribution in [0.2, 0.25) is 0 Å². The first kappa shape index (κ1) is 10.6. The summed E-state index contributed by atoms with van der Waals surface area (Å²) in [4.78, 5) is 0. The second-order valence-corrected chi connectivity index (χ2v) is 4.93. The lowest BCUT2D eigenvalue weighted by molar-refractivity contribution is 0.640. The van der Waals surface area contributed by atoms with E-state index in [1.165, 1.54) is 11.3 Å². The number of para-hydroxylation sites is 1. The monoisotopic (exact) mass is 250 g/mol. The molecule has 0 amide bonds. The molecule has 0 bridgehead atoms. The molecular formula is C15H14N4. The number of pyridine rings is 1. The fourth-order valence-corrected chi connectivity index (χ4v) is 2.76. The van der Waals surface area contributed by atoms with E-state index in [0.717, 1.165) is 24.4 Å². The summed E-state index contributed by atoms with van der Waals surface area (Å²) in [7, 11) is 0. The van der Waals surface area contributed by atoms with Crippen molar-refractivity contribution in [1.82, 2.24) is 14.6 Å². The van der Waals surface area contributed by atoms with Crippen molar-refractivity contribution in [3.63, 3.8) is 0 Å². The van der Waals surface area contributed by atoms with E-state index in [-0.39, 0.29) is 0 Å². The molecule has 94 valence electrons. The zero-order valence-electron chi connectivity index (χ0n) is 10.5. The molecule has 1 N–H and O–H groups in total. The van der Waals surface area contributed by atoms with E-state index >= 15 is 0 Å². The van der Waals surface area contributed by atoms with Gasteiger partial charge in [-0.2, -0.15) is 0 Å². The summed E-state index contributed by atoms with van der Waals surface area (Å²) in [5, 5.41) is 12.1. The van der Waals surface area contributed by atoms with Gasteiger partial charge in [0.05, 0.1) is 0 Å². The van der Waals surface area contributed by atoms with Gasteiger partial charge in [0, 0.05) is 24.3 Å². The average Bonchev–Trinajstić information content (AvgIpc) is 2.91. The molecule has 0 saturated carbocycles. The largest absolute Gasteiger partial charge is 0.384 e. The molecule has 0 radical (unpaired) electrons. The van der Waals surface area contributed by atoms with Crippen LogP contribution < -0.4 is 5.32 Å². The van der Waals surface area contributed by atoms with Crippen molar-refractivity contribution < 1.29 is 0 Å². The SMILES string of the molecule is c1ccc2c(c1)CC(c1nnc3ccccn13)CN2. The molecule has 1 aromatic carbocycles. The van der Waals surface area contributed by atoms with Crippen molar-refractivity contribution in [1.29, 1.82) is 0 Å². The van der Waals surface area contributed by atoms with E-state index in [0.29, 0.717) is 5.92 Å². The second kappa shape index (κ2) is 4.09. The van der Waals surface area contributed by atoms with Gasteiger partial charge in [0.1, 0.15) is 5.82 Å². The third kappa shape index (κ3) is 1.68. The maximum absolute atomic E-state index is 4.36. The highest BCUT2D eigenvalue weighted by molar-refractivity contribution is 5.54. The normalized spacial score (nSPS) is 18.0. The minimum atomic E-state index is 0.368. The third-order valence-electron chi connectivity index (χ3n) is 3.73. The topological polar surface area (TPSA) is 42.2 Å². The van der Waals surface area contributed by atoms with Crippen molar-refractivity contribution in [2.45, 2.75) is 12.3 Å². The smallest absolute Gasteiger partial charge is 0.160 e. The van der Waals surface area contributed by atoms with Gasteiger partial charge in [0.25, 0.3) is 0 Å². The first-order chi connectivity index (χ1) is 9.42. The molecule has 3 heterocycles. The molecular weight excluding hydrogens is 236 g/mol. The van der Waals surface area contributed by atoms with Gasteiger partial charge in [0.2, 0.25) is 0 Å². The Labute approximate surface area is 111 Å². The highest BCUT2D eigenvalue weighted by Crippen LogP contribution is 2.29. The van der Waals surface area contributed by atoms with E-state index in [4.69, 9.17) is 0 Å². The summed E-state index contributed by atoms with van der Waals surface area (Å²) in [6, 6.07) is 14.5. The van der Waals surface area contributed by atoms with Gasteiger partial charge < -0.3 is 5.32 Å². The Kier molecular flexibility index (Phi) is 2.27. The molecule has 0 aliphatic carbocycles. The lowest BCUT2D eigenvalue weighted by atomic mass is 9.93. The fourth-order valence-electron chi connectivity index (χ4n) is 2.76. The summed E-state index contributed by atoms with van der Waals surface area (Å²) in [6.07, 6.45) is 3.05. The zero-order valence-corrected chi connectivity index (χ0v) is 10.5. The molecule has 4 rings (SSSR count). The van der Waals surface area contributed by atoms with Gasteiger partial charge in [-0.1, -0.05) is 24.3 Å². The summed E-state index contributed by atoms with van der Waals surface area (Å²) in [5.74, 6) is 1.41. The van der Waals surface area contributed by atoms with Crippen LogP contribution in [0.25, 0.3) is 5.65 Å². The average molecular weight is 250 g/mol. The van der Waals surface area contributed by atoms with Crippen molar-refractivity contribution >= 4 is 11.3 Å². The number of nitrogens with zero attached hydrogens (tertiary/aromatic N) is 3. The Hall–Kier alpha value is -2.36. The summed E-state index contributed by atoms with van der Waals surface area (Å²) in [6.45, 7) is 0.909. The lowest BCUT2D eigenvalue weighted by Crippen LogP contribution is -2.23. The predicted molar refractivity (Wildman–Crippen MR) is 74.4 cm³/mol. The molecule has 0 saturated heterocycles. The van der Waals surface area contributed by atoms with E-state index in [1.807, 2.05) is 24.4 Å². The van der Waals surface area contributed by atoms with Crippen molar-refractivity contribution in [2.24, 2.45) is 0 Å². The highest BCUT2D eigenvalue weighted by Gasteiger charge is 2.23. The Morgan fingerprint density at radius 3 is 2.95 bits per heavy atom. The number of fused-ring (bicyclic) bond motifs is 2. The number of benzene rings is 1. The maximum atomic E-state index is 4.36. The van der Waals surface area contributed by atoms with Crippen LogP contribution in [-0.4, -0.2) is 21.1 Å². The van der Waals surface area contributed by atoms with Gasteiger partial charge in [-0.3, -0.25) is 4.40 Å². The van der Waals surface area contributed by atoms with E-state index < -0.39 is 0 Å². The van der Waals surface area contributed by atoms with Crippen LogP contribution in [0.4, 0.5) is 5.69 Å². The minimum Gasteiger partial charge on any atom is -0.384 e. The second-order valence-electron chi connectivity index (χ2n) is 4.93. The summed E-state index contributed by atoms with van der Waals surface area (Å²) < 4.78 is 2.08. The standard InChI is InChI=1S/C15H14N4/c1-2-6-13-11(5-1)9-12(10-16-13)15-18-17-14-7-3-4-8-19(14)15/h1-8,12,16H,9-10H2. The Bertz CT molecular complexity index is 732. The lowest BCUT2D eigenvalue weighted by Gasteiger charge is -2.24. The molecule has 1 unspecified atom stereocenters. The maximum Gasteiger partial charge on any atom is 0.160 e. The molecule has 1 atom stereocenters. The van der Waals surface area contributed by atoms with Crippen molar-refractivity contribution in [3.05, 3.63) is 60.0 Å². The number of rotatable bonds is 1. The van der Waals surface area contributed by atoms with E-state index in [9.17, 15) is 0 Å². The first-order valence-electron chi connectivity index (χ1n) is 6.53. The first-order valence-corrected chi connectivity index (χ1v) is 6.53. The van der Waals surface area contributed by atoms with Gasteiger partial charge in [-0.25, -0.2) is 0 Å². The molecule has 1 aliphatic rings. The van der Waals surface area contributed by atoms with Crippen LogP contribution in [0, 0.1) is 0 Å². The van der Waals surface area contributed by atoms with Crippen LogP contribution in [0.5, 0.6) is 0 Å². The summed E-state index contributed by atoms with van der Waals surface area (Å²) in [5.41, 5.74) is 3.51. The Morgan fingerprint density at radius 1 is 1.05 bits per heavy atom. The van der Waals surface area contributed by atoms with Crippen LogP contribution in [0.3, 0.4) is 0 Å². The van der Waals surface area contributed by atoms with E-state index in [1.54, 1.807) is 0 Å². The molecule has 1 aliphatic heterocycles. The molecule has 2 aromatic heterocycles. The Balaban J connectivity index is 1.75.